The maximum absolute atomic E-state index is 5.68. The zero-order valence-electron chi connectivity index (χ0n) is 10.4. The highest BCUT2D eigenvalue weighted by atomic mass is 16.3. The van der Waals surface area contributed by atoms with Crippen LogP contribution in [-0.4, -0.2) is 4.98 Å². The average Bonchev–Trinajstić information content (AvgIpc) is 2.97. The van der Waals surface area contributed by atoms with Gasteiger partial charge in [0.1, 0.15) is 5.76 Å². The van der Waals surface area contributed by atoms with Crippen LogP contribution in [0.3, 0.4) is 0 Å². The summed E-state index contributed by atoms with van der Waals surface area (Å²) in [5.41, 5.74) is 3.77. The van der Waals surface area contributed by atoms with Crippen LogP contribution in [-0.2, 0) is 6.42 Å². The summed E-state index contributed by atoms with van der Waals surface area (Å²) in [5, 5.41) is 2.27. The average molecular weight is 253 g/mol. The molecule has 0 amide bonds. The first kappa shape index (κ1) is 11.9. The summed E-state index contributed by atoms with van der Waals surface area (Å²) in [5.74, 6) is 6.57. The van der Waals surface area contributed by atoms with Crippen LogP contribution in [0, 0.1) is 0 Å². The number of pyridine rings is 1. The molecule has 0 bridgehead atoms. The van der Waals surface area contributed by atoms with Crippen LogP contribution in [0.1, 0.15) is 17.5 Å². The smallest absolute Gasteiger partial charge is 0.105 e. The van der Waals surface area contributed by atoms with Gasteiger partial charge in [-0.3, -0.25) is 16.3 Å². The molecule has 0 spiro atoms. The van der Waals surface area contributed by atoms with E-state index in [1.165, 1.54) is 0 Å². The maximum Gasteiger partial charge on any atom is 0.105 e. The first-order chi connectivity index (χ1) is 9.38. The summed E-state index contributed by atoms with van der Waals surface area (Å²) in [7, 11) is 0. The third-order valence-corrected chi connectivity index (χ3v) is 3.22. The summed E-state index contributed by atoms with van der Waals surface area (Å²) < 4.78 is 5.38. The normalized spacial score (nSPS) is 12.7. The highest BCUT2D eigenvalue weighted by Crippen LogP contribution is 2.24. The second-order valence-corrected chi connectivity index (χ2v) is 4.42. The van der Waals surface area contributed by atoms with Gasteiger partial charge in [0, 0.05) is 18.0 Å². The molecule has 0 aliphatic rings. The van der Waals surface area contributed by atoms with Crippen LogP contribution < -0.4 is 11.3 Å². The van der Waals surface area contributed by atoms with Crippen molar-refractivity contribution in [2.24, 2.45) is 5.84 Å². The summed E-state index contributed by atoms with van der Waals surface area (Å²) in [4.78, 5) is 4.47. The van der Waals surface area contributed by atoms with Crippen molar-refractivity contribution in [3.05, 3.63) is 66.4 Å². The van der Waals surface area contributed by atoms with Gasteiger partial charge in [-0.1, -0.05) is 24.3 Å². The van der Waals surface area contributed by atoms with Gasteiger partial charge < -0.3 is 4.42 Å². The van der Waals surface area contributed by atoms with Gasteiger partial charge in [-0.2, -0.15) is 0 Å². The van der Waals surface area contributed by atoms with E-state index in [0.29, 0.717) is 6.42 Å². The lowest BCUT2D eigenvalue weighted by Crippen LogP contribution is -2.30. The SMILES string of the molecule is NNC(Cc1ccco1)c1nccc2ccccc12. The predicted octanol–water partition coefficient (Wildman–Crippen LogP) is 2.57. The van der Waals surface area contributed by atoms with Crippen molar-refractivity contribution in [3.63, 3.8) is 0 Å². The zero-order valence-corrected chi connectivity index (χ0v) is 10.4. The van der Waals surface area contributed by atoms with E-state index in [1.807, 2.05) is 36.5 Å². The summed E-state index contributed by atoms with van der Waals surface area (Å²) in [6.45, 7) is 0. The van der Waals surface area contributed by atoms with E-state index in [1.54, 1.807) is 6.26 Å². The molecule has 19 heavy (non-hydrogen) atoms. The van der Waals surface area contributed by atoms with Crippen molar-refractivity contribution in [3.8, 4) is 0 Å². The highest BCUT2D eigenvalue weighted by molar-refractivity contribution is 5.84. The third-order valence-electron chi connectivity index (χ3n) is 3.22. The Balaban J connectivity index is 2.01. The first-order valence-electron chi connectivity index (χ1n) is 6.20. The Morgan fingerprint density at radius 3 is 2.84 bits per heavy atom. The van der Waals surface area contributed by atoms with Crippen LogP contribution in [0.4, 0.5) is 0 Å². The van der Waals surface area contributed by atoms with E-state index in [-0.39, 0.29) is 6.04 Å². The van der Waals surface area contributed by atoms with Crippen molar-refractivity contribution >= 4 is 10.8 Å². The van der Waals surface area contributed by atoms with Gasteiger partial charge in [0.15, 0.2) is 0 Å². The van der Waals surface area contributed by atoms with Crippen molar-refractivity contribution in [1.29, 1.82) is 0 Å². The fraction of sp³-hybridized carbons (Fsp3) is 0.133. The minimum absolute atomic E-state index is 0.0720. The van der Waals surface area contributed by atoms with E-state index in [0.717, 1.165) is 22.2 Å². The number of hydrogen-bond acceptors (Lipinski definition) is 4. The van der Waals surface area contributed by atoms with Crippen LogP contribution in [0.5, 0.6) is 0 Å². The fourth-order valence-corrected chi connectivity index (χ4v) is 2.29. The van der Waals surface area contributed by atoms with Crippen molar-refractivity contribution in [1.82, 2.24) is 10.4 Å². The van der Waals surface area contributed by atoms with E-state index in [2.05, 4.69) is 22.5 Å². The lowest BCUT2D eigenvalue weighted by atomic mass is 10.0. The number of hydrogen-bond donors (Lipinski definition) is 2. The van der Waals surface area contributed by atoms with E-state index < -0.39 is 0 Å². The number of nitrogens with zero attached hydrogens (tertiary/aromatic N) is 1. The molecule has 4 nitrogen and oxygen atoms in total. The minimum Gasteiger partial charge on any atom is -0.469 e. The topological polar surface area (TPSA) is 64.1 Å². The Kier molecular flexibility index (Phi) is 3.27. The molecule has 0 fully saturated rings. The summed E-state index contributed by atoms with van der Waals surface area (Å²) in [6, 6.07) is 13.9. The molecule has 1 unspecified atom stereocenters. The molecule has 0 aliphatic carbocycles. The molecule has 2 heterocycles. The second-order valence-electron chi connectivity index (χ2n) is 4.42. The summed E-state index contributed by atoms with van der Waals surface area (Å²) >= 11 is 0. The van der Waals surface area contributed by atoms with E-state index in [9.17, 15) is 0 Å². The van der Waals surface area contributed by atoms with E-state index >= 15 is 0 Å². The van der Waals surface area contributed by atoms with Gasteiger partial charge in [0.25, 0.3) is 0 Å². The number of nitrogens with one attached hydrogen (secondary N) is 1. The number of rotatable bonds is 4. The number of aromatic nitrogens is 1. The van der Waals surface area contributed by atoms with Crippen LogP contribution >= 0.6 is 0 Å². The monoisotopic (exact) mass is 253 g/mol. The molecule has 3 aromatic rings. The molecular weight excluding hydrogens is 238 g/mol. The second kappa shape index (κ2) is 5.22. The lowest BCUT2D eigenvalue weighted by molar-refractivity contribution is 0.451. The molecular formula is C15H15N3O. The van der Waals surface area contributed by atoms with Gasteiger partial charge in [-0.25, -0.2) is 0 Å². The number of furan rings is 1. The van der Waals surface area contributed by atoms with E-state index in [4.69, 9.17) is 10.3 Å². The first-order valence-corrected chi connectivity index (χ1v) is 6.20. The fourth-order valence-electron chi connectivity index (χ4n) is 2.29. The Hall–Kier alpha value is -2.17. The number of fused-ring (bicyclic) bond motifs is 1. The number of hydrazine groups is 1. The molecule has 4 heteroatoms. The molecule has 0 saturated carbocycles. The van der Waals surface area contributed by atoms with Gasteiger partial charge in [0.2, 0.25) is 0 Å². The van der Waals surface area contributed by atoms with Crippen molar-refractivity contribution in [2.75, 3.05) is 0 Å². The molecule has 3 rings (SSSR count). The zero-order chi connectivity index (χ0) is 13.1. The van der Waals surface area contributed by atoms with Crippen LogP contribution in [0.25, 0.3) is 10.8 Å². The molecule has 0 aliphatic heterocycles. The molecule has 3 N–H and O–H groups in total. The predicted molar refractivity (Wildman–Crippen MR) is 74.2 cm³/mol. The molecule has 0 radical (unpaired) electrons. The lowest BCUT2D eigenvalue weighted by Gasteiger charge is -2.16. The molecule has 0 saturated heterocycles. The minimum atomic E-state index is -0.0720. The van der Waals surface area contributed by atoms with Crippen molar-refractivity contribution < 1.29 is 4.42 Å². The molecule has 1 atom stereocenters. The Morgan fingerprint density at radius 2 is 2.05 bits per heavy atom. The molecule has 96 valence electrons. The number of nitrogens with two attached hydrogens (primary N) is 1. The Morgan fingerprint density at radius 1 is 1.16 bits per heavy atom. The van der Waals surface area contributed by atoms with Gasteiger partial charge in [-0.15, -0.1) is 0 Å². The largest absolute Gasteiger partial charge is 0.469 e. The molecule has 1 aromatic carbocycles. The standard InChI is InChI=1S/C15H15N3O/c16-18-14(10-12-5-3-9-19-12)15-13-6-2-1-4-11(13)7-8-17-15/h1-9,14,18H,10,16H2. The van der Waals surface area contributed by atoms with Crippen LogP contribution in [0.15, 0.2) is 59.3 Å². The number of benzene rings is 1. The van der Waals surface area contributed by atoms with Crippen molar-refractivity contribution in [2.45, 2.75) is 12.5 Å². The van der Waals surface area contributed by atoms with Gasteiger partial charge in [0.05, 0.1) is 18.0 Å². The third kappa shape index (κ3) is 2.36. The highest BCUT2D eigenvalue weighted by Gasteiger charge is 2.16. The summed E-state index contributed by atoms with van der Waals surface area (Å²) in [6.07, 6.45) is 4.15. The maximum atomic E-state index is 5.68. The Bertz CT molecular complexity index is 659. The van der Waals surface area contributed by atoms with Gasteiger partial charge >= 0.3 is 0 Å². The Labute approximate surface area is 111 Å². The molecule has 2 aromatic heterocycles. The quantitative estimate of drug-likeness (QED) is 0.554. The van der Waals surface area contributed by atoms with Gasteiger partial charge in [-0.05, 0) is 23.6 Å². The van der Waals surface area contributed by atoms with Crippen LogP contribution in [0.2, 0.25) is 0 Å².